The number of amides is 1. The monoisotopic (exact) mass is 544 g/mol. The number of hydrazone groups is 1. The molecule has 0 aliphatic heterocycles. The maximum atomic E-state index is 12.8. The number of carbonyl (C=O) groups is 3. The summed E-state index contributed by atoms with van der Waals surface area (Å²) < 4.78 is 16.8. The van der Waals surface area contributed by atoms with Crippen LogP contribution >= 0.6 is 0 Å². The minimum absolute atomic E-state index is 0.0854. The minimum atomic E-state index is -0.612. The summed E-state index contributed by atoms with van der Waals surface area (Å²) >= 11 is 0. The van der Waals surface area contributed by atoms with Gasteiger partial charge in [0.05, 0.1) is 17.3 Å². The summed E-state index contributed by atoms with van der Waals surface area (Å²) in [5, 5.41) is 5.88. The van der Waals surface area contributed by atoms with Crippen LogP contribution in [0.25, 0.3) is 10.8 Å². The third-order valence-corrected chi connectivity index (χ3v) is 5.92. The molecule has 0 atom stereocenters. The lowest BCUT2D eigenvalue weighted by Gasteiger charge is -2.11. The molecule has 0 aliphatic rings. The number of nitrogens with zero attached hydrogens (tertiary/aromatic N) is 1. The minimum Gasteiger partial charge on any atom is -0.483 e. The van der Waals surface area contributed by atoms with Gasteiger partial charge in [0.15, 0.2) is 6.61 Å². The first-order valence-electron chi connectivity index (χ1n) is 12.7. The van der Waals surface area contributed by atoms with E-state index in [1.54, 1.807) is 72.8 Å². The van der Waals surface area contributed by atoms with Crippen LogP contribution < -0.4 is 19.6 Å². The molecular formula is C33H24N2O6. The SMILES string of the molecule is O=C(COc1cccc2ccccc12)N/N=C\c1ccc(OC(=O)c2ccccc2)cc1OC(=O)c1ccccc1. The number of esters is 2. The van der Waals surface area contributed by atoms with Gasteiger partial charge in [-0.3, -0.25) is 4.79 Å². The summed E-state index contributed by atoms with van der Waals surface area (Å²) in [6.07, 6.45) is 1.33. The molecule has 0 saturated heterocycles. The lowest BCUT2D eigenvalue weighted by molar-refractivity contribution is -0.123. The van der Waals surface area contributed by atoms with Crippen LogP contribution in [0.5, 0.6) is 17.2 Å². The maximum absolute atomic E-state index is 12.8. The average Bonchev–Trinajstić information content (AvgIpc) is 3.02. The Morgan fingerprint density at radius 1 is 0.659 bits per heavy atom. The molecule has 0 aliphatic carbocycles. The lowest BCUT2D eigenvalue weighted by Crippen LogP contribution is -2.24. The van der Waals surface area contributed by atoms with Gasteiger partial charge >= 0.3 is 11.9 Å². The fraction of sp³-hybridized carbons (Fsp3) is 0.0303. The number of hydrogen-bond donors (Lipinski definition) is 1. The van der Waals surface area contributed by atoms with Gasteiger partial charge < -0.3 is 14.2 Å². The summed E-state index contributed by atoms with van der Waals surface area (Å²) in [4.78, 5) is 37.7. The van der Waals surface area contributed by atoms with Crippen LogP contribution in [0.4, 0.5) is 0 Å². The van der Waals surface area contributed by atoms with Gasteiger partial charge in [-0.15, -0.1) is 0 Å². The molecule has 1 N–H and O–H groups in total. The highest BCUT2D eigenvalue weighted by Gasteiger charge is 2.15. The van der Waals surface area contributed by atoms with E-state index in [-0.39, 0.29) is 18.1 Å². The Labute approximate surface area is 235 Å². The van der Waals surface area contributed by atoms with Crippen LogP contribution in [-0.2, 0) is 4.79 Å². The summed E-state index contributed by atoms with van der Waals surface area (Å²) in [7, 11) is 0. The number of carbonyl (C=O) groups excluding carboxylic acids is 3. The number of fused-ring (bicyclic) bond motifs is 1. The third-order valence-electron chi connectivity index (χ3n) is 5.92. The Balaban J connectivity index is 1.28. The molecule has 5 aromatic carbocycles. The number of benzene rings is 5. The molecule has 0 aromatic heterocycles. The van der Waals surface area contributed by atoms with Gasteiger partial charge in [-0.05, 0) is 47.9 Å². The van der Waals surface area contributed by atoms with E-state index in [4.69, 9.17) is 14.2 Å². The van der Waals surface area contributed by atoms with Crippen molar-refractivity contribution in [2.75, 3.05) is 6.61 Å². The molecule has 0 unspecified atom stereocenters. The zero-order valence-corrected chi connectivity index (χ0v) is 21.7. The van der Waals surface area contributed by atoms with Gasteiger partial charge in [0.1, 0.15) is 17.2 Å². The zero-order chi connectivity index (χ0) is 28.4. The van der Waals surface area contributed by atoms with Crippen molar-refractivity contribution in [3.05, 3.63) is 138 Å². The van der Waals surface area contributed by atoms with Crippen molar-refractivity contribution < 1.29 is 28.6 Å². The van der Waals surface area contributed by atoms with Crippen LogP contribution in [0, 0.1) is 0 Å². The topological polar surface area (TPSA) is 103 Å². The fourth-order valence-electron chi connectivity index (χ4n) is 3.92. The molecule has 0 spiro atoms. The second-order valence-electron chi connectivity index (χ2n) is 8.77. The second kappa shape index (κ2) is 12.9. The Kier molecular flexibility index (Phi) is 8.42. The van der Waals surface area contributed by atoms with Gasteiger partial charge in [-0.1, -0.05) is 72.8 Å². The molecular weight excluding hydrogens is 520 g/mol. The molecule has 0 saturated carbocycles. The molecule has 5 rings (SSSR count). The van der Waals surface area contributed by atoms with Crippen LogP contribution in [0.2, 0.25) is 0 Å². The molecule has 1 amide bonds. The van der Waals surface area contributed by atoms with E-state index >= 15 is 0 Å². The van der Waals surface area contributed by atoms with Gasteiger partial charge in [0, 0.05) is 17.0 Å². The van der Waals surface area contributed by atoms with Crippen molar-refractivity contribution in [2.45, 2.75) is 0 Å². The maximum Gasteiger partial charge on any atom is 0.343 e. The largest absolute Gasteiger partial charge is 0.483 e. The van der Waals surface area contributed by atoms with E-state index in [9.17, 15) is 14.4 Å². The first kappa shape index (κ1) is 26.8. The highest BCUT2D eigenvalue weighted by molar-refractivity contribution is 5.94. The molecule has 0 bridgehead atoms. The van der Waals surface area contributed by atoms with Crippen LogP contribution in [0.3, 0.4) is 0 Å². The van der Waals surface area contributed by atoms with E-state index in [2.05, 4.69) is 10.5 Å². The smallest absolute Gasteiger partial charge is 0.343 e. The van der Waals surface area contributed by atoms with E-state index in [0.717, 1.165) is 10.8 Å². The number of hydrogen-bond acceptors (Lipinski definition) is 7. The fourth-order valence-corrected chi connectivity index (χ4v) is 3.92. The van der Waals surface area contributed by atoms with Crippen LogP contribution in [-0.4, -0.2) is 30.7 Å². The Morgan fingerprint density at radius 3 is 2.02 bits per heavy atom. The van der Waals surface area contributed by atoms with Crippen molar-refractivity contribution >= 4 is 34.8 Å². The molecule has 5 aromatic rings. The first-order valence-corrected chi connectivity index (χ1v) is 12.7. The number of rotatable bonds is 9. The van der Waals surface area contributed by atoms with Gasteiger partial charge in [0.25, 0.3) is 5.91 Å². The molecule has 8 nitrogen and oxygen atoms in total. The van der Waals surface area contributed by atoms with E-state index in [1.165, 1.54) is 18.3 Å². The second-order valence-corrected chi connectivity index (χ2v) is 8.77. The number of ether oxygens (including phenoxy) is 3. The molecule has 8 heteroatoms. The quantitative estimate of drug-likeness (QED) is 0.109. The van der Waals surface area contributed by atoms with Crippen molar-refractivity contribution in [3.8, 4) is 17.2 Å². The summed E-state index contributed by atoms with van der Waals surface area (Å²) in [6.45, 7) is -0.254. The average molecular weight is 545 g/mol. The highest BCUT2D eigenvalue weighted by atomic mass is 16.5. The Morgan fingerprint density at radius 2 is 1.29 bits per heavy atom. The predicted molar refractivity (Wildman–Crippen MR) is 154 cm³/mol. The van der Waals surface area contributed by atoms with Gasteiger partial charge in [-0.25, -0.2) is 15.0 Å². The summed E-state index contributed by atoms with van der Waals surface area (Å²) in [5.41, 5.74) is 3.48. The summed E-state index contributed by atoms with van der Waals surface area (Å²) in [6, 6.07) is 34.8. The van der Waals surface area contributed by atoms with Crippen molar-refractivity contribution in [1.82, 2.24) is 5.43 Å². The molecule has 0 heterocycles. The van der Waals surface area contributed by atoms with E-state index in [1.807, 2.05) is 36.4 Å². The predicted octanol–water partition coefficient (Wildman–Crippen LogP) is 5.81. The van der Waals surface area contributed by atoms with Crippen molar-refractivity contribution in [1.29, 1.82) is 0 Å². The molecule has 202 valence electrons. The van der Waals surface area contributed by atoms with E-state index in [0.29, 0.717) is 22.4 Å². The Bertz CT molecular complexity index is 1710. The highest BCUT2D eigenvalue weighted by Crippen LogP contribution is 2.26. The van der Waals surface area contributed by atoms with E-state index < -0.39 is 17.8 Å². The molecule has 0 radical (unpaired) electrons. The van der Waals surface area contributed by atoms with Gasteiger partial charge in [-0.2, -0.15) is 5.10 Å². The van der Waals surface area contributed by atoms with Crippen molar-refractivity contribution in [3.63, 3.8) is 0 Å². The number of nitrogens with one attached hydrogen (secondary N) is 1. The lowest BCUT2D eigenvalue weighted by atomic mass is 10.1. The van der Waals surface area contributed by atoms with Gasteiger partial charge in [0.2, 0.25) is 0 Å². The zero-order valence-electron chi connectivity index (χ0n) is 21.7. The van der Waals surface area contributed by atoms with Crippen LogP contribution in [0.1, 0.15) is 26.3 Å². The molecule has 41 heavy (non-hydrogen) atoms. The Hall–Kier alpha value is -5.76. The van der Waals surface area contributed by atoms with Crippen LogP contribution in [0.15, 0.2) is 126 Å². The van der Waals surface area contributed by atoms with Crippen molar-refractivity contribution in [2.24, 2.45) is 5.10 Å². The summed E-state index contributed by atoms with van der Waals surface area (Å²) in [5.74, 6) is -0.824. The first-order chi connectivity index (χ1) is 20.1. The normalized spacial score (nSPS) is 10.7. The standard InChI is InChI=1S/C33H24N2O6/c36-31(22-39-29-17-9-15-23-10-7-8-16-28(23)29)35-34-21-26-18-19-27(40-32(37)24-11-3-1-4-12-24)20-30(26)41-33(38)25-13-5-2-6-14-25/h1-21H,22H2,(H,35,36)/b34-21-. The molecule has 0 fully saturated rings. The third kappa shape index (κ3) is 7.01.